The molecule has 0 atom stereocenters. The molecule has 0 saturated heterocycles. The Morgan fingerprint density at radius 2 is 2.07 bits per heavy atom. The predicted molar refractivity (Wildman–Crippen MR) is 54.0 cm³/mol. The number of rotatable bonds is 1. The normalized spacial score (nSPS) is 10.7. The Bertz CT molecular complexity index is 587. The Balaban J connectivity index is 2.19. The molecule has 3 aromatic rings. The summed E-state index contributed by atoms with van der Waals surface area (Å²) in [5.41, 5.74) is 1.99. The lowest BCUT2D eigenvalue weighted by Gasteiger charge is -1.99. The molecule has 15 heavy (non-hydrogen) atoms. The molecule has 0 fully saturated rings. The van der Waals surface area contributed by atoms with Gasteiger partial charge in [0.1, 0.15) is 6.33 Å². The molecule has 3 rings (SSSR count). The van der Waals surface area contributed by atoms with Crippen LogP contribution in [0, 0.1) is 0 Å². The summed E-state index contributed by atoms with van der Waals surface area (Å²) in [6, 6.07) is 3.87. The molecule has 0 aliphatic heterocycles. The third-order valence-electron chi connectivity index (χ3n) is 2.13. The molecule has 5 nitrogen and oxygen atoms in total. The van der Waals surface area contributed by atoms with Gasteiger partial charge >= 0.3 is 0 Å². The van der Waals surface area contributed by atoms with E-state index in [1.165, 1.54) is 6.33 Å². The van der Waals surface area contributed by atoms with E-state index >= 15 is 0 Å². The molecule has 5 heteroatoms. The molecule has 0 amide bonds. The van der Waals surface area contributed by atoms with Crippen LogP contribution in [-0.4, -0.2) is 24.6 Å². The maximum atomic E-state index is 4.18. The Morgan fingerprint density at radius 3 is 2.93 bits per heavy atom. The van der Waals surface area contributed by atoms with Crippen molar-refractivity contribution in [2.45, 2.75) is 0 Å². The molecule has 0 spiro atoms. The standard InChI is InChI=1S/C10H7N5/c1-2-8(4-11-3-1)9-5-12-10-13-7-14-15(10)6-9/h1-7H. The van der Waals surface area contributed by atoms with Crippen LogP contribution in [0.4, 0.5) is 0 Å². The Labute approximate surface area is 85.5 Å². The zero-order chi connectivity index (χ0) is 10.1. The monoisotopic (exact) mass is 197 g/mol. The zero-order valence-corrected chi connectivity index (χ0v) is 7.78. The van der Waals surface area contributed by atoms with Crippen LogP contribution in [0.1, 0.15) is 0 Å². The SMILES string of the molecule is c1cncc(-c2cnc3ncnn3c2)c1. The maximum Gasteiger partial charge on any atom is 0.252 e. The molecule has 0 saturated carbocycles. The number of nitrogens with zero attached hydrogens (tertiary/aromatic N) is 5. The van der Waals surface area contributed by atoms with Gasteiger partial charge in [0.25, 0.3) is 5.78 Å². The van der Waals surface area contributed by atoms with Gasteiger partial charge in [-0.2, -0.15) is 10.1 Å². The predicted octanol–water partition coefficient (Wildman–Crippen LogP) is 1.19. The van der Waals surface area contributed by atoms with Gasteiger partial charge in [0.15, 0.2) is 0 Å². The second kappa shape index (κ2) is 3.13. The van der Waals surface area contributed by atoms with Gasteiger partial charge in [0, 0.05) is 35.9 Å². The highest BCUT2D eigenvalue weighted by molar-refractivity contribution is 5.60. The second-order valence-electron chi connectivity index (χ2n) is 3.09. The highest BCUT2D eigenvalue weighted by Crippen LogP contribution is 2.15. The summed E-state index contributed by atoms with van der Waals surface area (Å²) in [5.74, 6) is 0.600. The van der Waals surface area contributed by atoms with Gasteiger partial charge in [-0.25, -0.2) is 9.50 Å². The van der Waals surface area contributed by atoms with Crippen molar-refractivity contribution >= 4 is 5.78 Å². The molecule has 0 aromatic carbocycles. The summed E-state index contributed by atoms with van der Waals surface area (Å²) in [5, 5.41) is 4.03. The molecule has 0 unspecified atom stereocenters. The van der Waals surface area contributed by atoms with Crippen LogP contribution in [0.15, 0.2) is 43.2 Å². The molecule has 72 valence electrons. The largest absolute Gasteiger partial charge is 0.264 e. The highest BCUT2D eigenvalue weighted by atomic mass is 15.3. The van der Waals surface area contributed by atoms with Gasteiger partial charge in [-0.3, -0.25) is 4.98 Å². The molecule has 3 heterocycles. The summed E-state index contributed by atoms with van der Waals surface area (Å²) in [6.45, 7) is 0. The van der Waals surface area contributed by atoms with Crippen molar-refractivity contribution in [3.63, 3.8) is 0 Å². The van der Waals surface area contributed by atoms with Crippen LogP contribution in [0.3, 0.4) is 0 Å². The molecule has 0 aliphatic carbocycles. The fourth-order valence-electron chi connectivity index (χ4n) is 1.40. The van der Waals surface area contributed by atoms with E-state index in [0.717, 1.165) is 11.1 Å². The summed E-state index contributed by atoms with van der Waals surface area (Å²) >= 11 is 0. The lowest BCUT2D eigenvalue weighted by atomic mass is 10.2. The first-order valence-electron chi connectivity index (χ1n) is 4.49. The van der Waals surface area contributed by atoms with Crippen molar-refractivity contribution in [3.8, 4) is 11.1 Å². The fourth-order valence-corrected chi connectivity index (χ4v) is 1.40. The fraction of sp³-hybridized carbons (Fsp3) is 0. The first kappa shape index (κ1) is 8.05. The van der Waals surface area contributed by atoms with Crippen molar-refractivity contribution in [2.75, 3.05) is 0 Å². The molecule has 0 radical (unpaired) electrons. The van der Waals surface area contributed by atoms with Crippen LogP contribution in [0.5, 0.6) is 0 Å². The average Bonchev–Trinajstić information content (AvgIpc) is 2.77. The summed E-state index contributed by atoms with van der Waals surface area (Å²) in [4.78, 5) is 12.2. The van der Waals surface area contributed by atoms with Gasteiger partial charge in [-0.05, 0) is 6.07 Å². The van der Waals surface area contributed by atoms with E-state index in [0.29, 0.717) is 5.78 Å². The van der Waals surface area contributed by atoms with Gasteiger partial charge < -0.3 is 0 Å². The van der Waals surface area contributed by atoms with Gasteiger partial charge in [-0.15, -0.1) is 0 Å². The molecule has 0 aliphatic rings. The Morgan fingerprint density at radius 1 is 1.07 bits per heavy atom. The van der Waals surface area contributed by atoms with E-state index in [9.17, 15) is 0 Å². The van der Waals surface area contributed by atoms with Crippen molar-refractivity contribution in [2.24, 2.45) is 0 Å². The maximum absolute atomic E-state index is 4.18. The van der Waals surface area contributed by atoms with Crippen LogP contribution < -0.4 is 0 Å². The van der Waals surface area contributed by atoms with E-state index in [-0.39, 0.29) is 0 Å². The van der Waals surface area contributed by atoms with Crippen molar-refractivity contribution in [1.82, 2.24) is 24.6 Å². The third kappa shape index (κ3) is 1.34. The number of pyridine rings is 1. The Hall–Kier alpha value is -2.30. The number of fused-ring (bicyclic) bond motifs is 1. The molecular formula is C10H7N5. The van der Waals surface area contributed by atoms with Crippen LogP contribution in [0.25, 0.3) is 16.9 Å². The van der Waals surface area contributed by atoms with Gasteiger partial charge in [0.2, 0.25) is 0 Å². The zero-order valence-electron chi connectivity index (χ0n) is 7.78. The minimum absolute atomic E-state index is 0.600. The molecular weight excluding hydrogens is 190 g/mol. The van der Waals surface area contributed by atoms with Crippen LogP contribution in [0.2, 0.25) is 0 Å². The van der Waals surface area contributed by atoms with Gasteiger partial charge in [0.05, 0.1) is 0 Å². The lowest BCUT2D eigenvalue weighted by Crippen LogP contribution is -1.91. The smallest absolute Gasteiger partial charge is 0.252 e. The summed E-state index contributed by atoms with van der Waals surface area (Å²) in [6.07, 6.45) is 8.66. The Kier molecular flexibility index (Phi) is 1.68. The van der Waals surface area contributed by atoms with E-state index in [1.807, 2.05) is 18.3 Å². The van der Waals surface area contributed by atoms with Crippen molar-refractivity contribution in [3.05, 3.63) is 43.2 Å². The van der Waals surface area contributed by atoms with Crippen LogP contribution >= 0.6 is 0 Å². The van der Waals surface area contributed by atoms with E-state index < -0.39 is 0 Å². The minimum atomic E-state index is 0.600. The number of hydrogen-bond donors (Lipinski definition) is 0. The minimum Gasteiger partial charge on any atom is -0.264 e. The van der Waals surface area contributed by atoms with E-state index in [2.05, 4.69) is 20.1 Å². The lowest BCUT2D eigenvalue weighted by molar-refractivity contribution is 0.941. The molecule has 3 aromatic heterocycles. The first-order chi connectivity index (χ1) is 7.43. The summed E-state index contributed by atoms with van der Waals surface area (Å²) in [7, 11) is 0. The number of aromatic nitrogens is 5. The average molecular weight is 197 g/mol. The highest BCUT2D eigenvalue weighted by Gasteiger charge is 2.01. The summed E-state index contributed by atoms with van der Waals surface area (Å²) < 4.78 is 1.64. The second-order valence-corrected chi connectivity index (χ2v) is 3.09. The van der Waals surface area contributed by atoms with E-state index in [1.54, 1.807) is 23.1 Å². The molecule has 0 N–H and O–H groups in total. The van der Waals surface area contributed by atoms with Gasteiger partial charge in [-0.1, -0.05) is 6.07 Å². The number of hydrogen-bond acceptors (Lipinski definition) is 4. The topological polar surface area (TPSA) is 56.0 Å². The van der Waals surface area contributed by atoms with E-state index in [4.69, 9.17) is 0 Å². The van der Waals surface area contributed by atoms with Crippen molar-refractivity contribution in [1.29, 1.82) is 0 Å². The van der Waals surface area contributed by atoms with Crippen LogP contribution in [-0.2, 0) is 0 Å². The van der Waals surface area contributed by atoms with Crippen molar-refractivity contribution < 1.29 is 0 Å². The first-order valence-corrected chi connectivity index (χ1v) is 4.49. The quantitative estimate of drug-likeness (QED) is 0.588. The third-order valence-corrected chi connectivity index (χ3v) is 2.13. The molecule has 0 bridgehead atoms.